The number of H-pyrrole nitrogens is 1. The van der Waals surface area contributed by atoms with Crippen molar-refractivity contribution >= 4 is 5.91 Å². The Morgan fingerprint density at radius 1 is 1.62 bits per heavy atom. The lowest BCUT2D eigenvalue weighted by Crippen LogP contribution is -2.26. The van der Waals surface area contributed by atoms with Crippen LogP contribution in [0.4, 0.5) is 0 Å². The molecule has 1 N–H and O–H groups in total. The molecule has 0 aliphatic heterocycles. The summed E-state index contributed by atoms with van der Waals surface area (Å²) in [7, 11) is 1.68. The number of aromatic amines is 1. The molecule has 7 nitrogen and oxygen atoms in total. The molecule has 7 heteroatoms. The first kappa shape index (κ1) is 10.3. The molecular weight excluding hydrogens is 210 g/mol. The number of carbonyl (C=O) groups is 1. The average molecular weight is 221 g/mol. The van der Waals surface area contributed by atoms with E-state index in [9.17, 15) is 4.79 Å². The summed E-state index contributed by atoms with van der Waals surface area (Å²) in [4.78, 5) is 17.4. The van der Waals surface area contributed by atoms with Gasteiger partial charge < -0.3 is 9.42 Å². The smallest absolute Gasteiger partial charge is 0.259 e. The van der Waals surface area contributed by atoms with Gasteiger partial charge in [-0.15, -0.1) is 0 Å². The fourth-order valence-electron chi connectivity index (χ4n) is 1.31. The molecular formula is C9H11N5O2. The number of hydrogen-bond donors (Lipinski definition) is 1. The van der Waals surface area contributed by atoms with Crippen LogP contribution in [0.2, 0.25) is 0 Å². The maximum atomic E-state index is 11.9. The van der Waals surface area contributed by atoms with Gasteiger partial charge in [0, 0.05) is 7.05 Å². The van der Waals surface area contributed by atoms with Crippen LogP contribution in [-0.4, -0.2) is 38.2 Å². The minimum Gasteiger partial charge on any atom is -0.361 e. The molecule has 0 spiro atoms. The Morgan fingerprint density at radius 2 is 2.44 bits per heavy atom. The van der Waals surface area contributed by atoms with E-state index in [0.717, 1.165) is 0 Å². The second kappa shape index (κ2) is 4.13. The van der Waals surface area contributed by atoms with E-state index in [4.69, 9.17) is 4.52 Å². The van der Waals surface area contributed by atoms with E-state index in [1.165, 1.54) is 17.4 Å². The maximum Gasteiger partial charge on any atom is 0.259 e. The van der Waals surface area contributed by atoms with Crippen molar-refractivity contribution < 1.29 is 9.32 Å². The molecule has 1 amide bonds. The molecule has 0 atom stereocenters. The second-order valence-electron chi connectivity index (χ2n) is 3.39. The monoisotopic (exact) mass is 221 g/mol. The second-order valence-corrected chi connectivity index (χ2v) is 3.39. The van der Waals surface area contributed by atoms with Crippen LogP contribution in [0.25, 0.3) is 0 Å². The number of nitrogens with zero attached hydrogens (tertiary/aromatic N) is 4. The molecule has 0 saturated heterocycles. The van der Waals surface area contributed by atoms with Crippen LogP contribution in [0, 0.1) is 6.92 Å². The van der Waals surface area contributed by atoms with E-state index in [-0.39, 0.29) is 5.91 Å². The number of aromatic nitrogens is 4. The Kier molecular flexibility index (Phi) is 2.67. The SMILES string of the molecule is Cc1oncc1C(=O)N(C)Cc1ncn[nH]1. The minimum atomic E-state index is -0.157. The van der Waals surface area contributed by atoms with Crippen molar-refractivity contribution in [2.45, 2.75) is 13.5 Å². The first-order chi connectivity index (χ1) is 7.68. The standard InChI is InChI=1S/C9H11N5O2/c1-6-7(3-12-16-6)9(15)14(2)4-8-10-5-11-13-8/h3,5H,4H2,1-2H3,(H,10,11,13). The summed E-state index contributed by atoms with van der Waals surface area (Å²) in [5, 5.41) is 9.96. The van der Waals surface area contributed by atoms with Gasteiger partial charge in [-0.2, -0.15) is 5.10 Å². The van der Waals surface area contributed by atoms with E-state index in [0.29, 0.717) is 23.7 Å². The van der Waals surface area contributed by atoms with Gasteiger partial charge in [0.25, 0.3) is 5.91 Å². The number of rotatable bonds is 3. The molecule has 2 aromatic heterocycles. The molecule has 16 heavy (non-hydrogen) atoms. The van der Waals surface area contributed by atoms with Crippen molar-refractivity contribution in [3.8, 4) is 0 Å². The number of amides is 1. The van der Waals surface area contributed by atoms with Gasteiger partial charge in [-0.05, 0) is 6.92 Å². The van der Waals surface area contributed by atoms with Gasteiger partial charge in [-0.25, -0.2) is 4.98 Å². The first-order valence-corrected chi connectivity index (χ1v) is 4.69. The van der Waals surface area contributed by atoms with Crippen LogP contribution >= 0.6 is 0 Å². The van der Waals surface area contributed by atoms with Gasteiger partial charge >= 0.3 is 0 Å². The lowest BCUT2D eigenvalue weighted by atomic mass is 10.2. The van der Waals surface area contributed by atoms with Crippen molar-refractivity contribution in [2.75, 3.05) is 7.05 Å². The molecule has 2 aromatic rings. The van der Waals surface area contributed by atoms with Gasteiger partial charge in [0.15, 0.2) is 0 Å². The molecule has 0 aliphatic carbocycles. The molecule has 0 saturated carbocycles. The summed E-state index contributed by atoms with van der Waals surface area (Å²) in [6, 6.07) is 0. The summed E-state index contributed by atoms with van der Waals surface area (Å²) >= 11 is 0. The summed E-state index contributed by atoms with van der Waals surface area (Å²) in [6.07, 6.45) is 2.81. The number of aryl methyl sites for hydroxylation is 1. The average Bonchev–Trinajstić information content (AvgIpc) is 2.88. The van der Waals surface area contributed by atoms with Crippen LogP contribution in [-0.2, 0) is 6.54 Å². The number of nitrogens with one attached hydrogen (secondary N) is 1. The first-order valence-electron chi connectivity index (χ1n) is 4.69. The molecule has 0 radical (unpaired) electrons. The Balaban J connectivity index is 2.08. The van der Waals surface area contributed by atoms with Crippen LogP contribution < -0.4 is 0 Å². The Bertz CT molecular complexity index is 476. The zero-order valence-corrected chi connectivity index (χ0v) is 8.97. The summed E-state index contributed by atoms with van der Waals surface area (Å²) < 4.78 is 4.84. The van der Waals surface area contributed by atoms with E-state index in [2.05, 4.69) is 20.3 Å². The lowest BCUT2D eigenvalue weighted by Gasteiger charge is -2.14. The fourth-order valence-corrected chi connectivity index (χ4v) is 1.31. The molecule has 0 bridgehead atoms. The minimum absolute atomic E-state index is 0.157. The van der Waals surface area contributed by atoms with Gasteiger partial charge in [0.1, 0.15) is 23.5 Å². The normalized spacial score (nSPS) is 10.4. The van der Waals surface area contributed by atoms with Crippen LogP contribution in [0.1, 0.15) is 21.9 Å². The molecule has 0 unspecified atom stereocenters. The molecule has 0 aromatic carbocycles. The largest absolute Gasteiger partial charge is 0.361 e. The van der Waals surface area contributed by atoms with E-state index >= 15 is 0 Å². The Morgan fingerprint density at radius 3 is 3.00 bits per heavy atom. The lowest BCUT2D eigenvalue weighted by molar-refractivity contribution is 0.0780. The highest BCUT2D eigenvalue weighted by molar-refractivity contribution is 5.94. The molecule has 2 heterocycles. The highest BCUT2D eigenvalue weighted by atomic mass is 16.5. The zero-order chi connectivity index (χ0) is 11.5. The summed E-state index contributed by atoms with van der Waals surface area (Å²) in [5.41, 5.74) is 0.460. The van der Waals surface area contributed by atoms with Gasteiger partial charge in [-0.1, -0.05) is 5.16 Å². The Hall–Kier alpha value is -2.18. The predicted octanol–water partition coefficient (Wildman–Crippen LogP) is 0.373. The Labute approximate surface area is 91.5 Å². The predicted molar refractivity (Wildman–Crippen MR) is 53.4 cm³/mol. The number of hydrogen-bond acceptors (Lipinski definition) is 5. The topological polar surface area (TPSA) is 87.9 Å². The highest BCUT2D eigenvalue weighted by Crippen LogP contribution is 2.09. The zero-order valence-electron chi connectivity index (χ0n) is 8.97. The molecule has 2 rings (SSSR count). The van der Waals surface area contributed by atoms with Crippen molar-refractivity contribution in [3.63, 3.8) is 0 Å². The summed E-state index contributed by atoms with van der Waals surface area (Å²) in [5.74, 6) is 0.981. The third kappa shape index (κ3) is 1.92. The van der Waals surface area contributed by atoms with Crippen LogP contribution in [0.5, 0.6) is 0 Å². The van der Waals surface area contributed by atoms with Crippen LogP contribution in [0.15, 0.2) is 17.0 Å². The fraction of sp³-hybridized carbons (Fsp3) is 0.333. The van der Waals surface area contributed by atoms with E-state index in [1.54, 1.807) is 14.0 Å². The number of carbonyl (C=O) groups excluding carboxylic acids is 1. The van der Waals surface area contributed by atoms with Crippen molar-refractivity contribution in [1.82, 2.24) is 25.2 Å². The molecule has 84 valence electrons. The van der Waals surface area contributed by atoms with Gasteiger partial charge in [-0.3, -0.25) is 9.89 Å². The van der Waals surface area contributed by atoms with E-state index in [1.807, 2.05) is 0 Å². The summed E-state index contributed by atoms with van der Waals surface area (Å²) in [6.45, 7) is 2.06. The van der Waals surface area contributed by atoms with Crippen molar-refractivity contribution in [2.24, 2.45) is 0 Å². The maximum absolute atomic E-state index is 11.9. The van der Waals surface area contributed by atoms with Crippen LogP contribution in [0.3, 0.4) is 0 Å². The van der Waals surface area contributed by atoms with Crippen molar-refractivity contribution in [3.05, 3.63) is 29.7 Å². The molecule has 0 aliphatic rings. The highest BCUT2D eigenvalue weighted by Gasteiger charge is 2.17. The van der Waals surface area contributed by atoms with E-state index < -0.39 is 0 Å². The van der Waals surface area contributed by atoms with Gasteiger partial charge in [0.2, 0.25) is 0 Å². The third-order valence-corrected chi connectivity index (χ3v) is 2.18. The quantitative estimate of drug-likeness (QED) is 0.809. The molecule has 0 fully saturated rings. The third-order valence-electron chi connectivity index (χ3n) is 2.18. The van der Waals surface area contributed by atoms with Gasteiger partial charge in [0.05, 0.1) is 12.7 Å². The van der Waals surface area contributed by atoms with Crippen molar-refractivity contribution in [1.29, 1.82) is 0 Å².